The van der Waals surface area contributed by atoms with E-state index in [-0.39, 0.29) is 18.0 Å². The van der Waals surface area contributed by atoms with Crippen molar-refractivity contribution in [3.05, 3.63) is 58.4 Å². The molecule has 1 heterocycles. The summed E-state index contributed by atoms with van der Waals surface area (Å²) >= 11 is 0. The minimum absolute atomic E-state index is 0.0557. The number of hydrogen-bond donors (Lipinski definition) is 1. The molecule has 0 saturated carbocycles. The molecule has 1 aromatic carbocycles. The van der Waals surface area contributed by atoms with Gasteiger partial charge in [0.25, 0.3) is 5.91 Å². The van der Waals surface area contributed by atoms with Gasteiger partial charge in [0, 0.05) is 36.2 Å². The Morgan fingerprint density at radius 3 is 2.58 bits per heavy atom. The molecule has 0 aliphatic heterocycles. The van der Waals surface area contributed by atoms with Gasteiger partial charge in [-0.15, -0.1) is 6.42 Å². The van der Waals surface area contributed by atoms with Crippen LogP contribution in [0, 0.1) is 43.4 Å². The Bertz CT molecular complexity index is 1090. The zero-order chi connectivity index (χ0) is 23.1. The average molecular weight is 417 g/mol. The molecule has 0 spiro atoms. The van der Waals surface area contributed by atoms with E-state index in [0.29, 0.717) is 17.2 Å². The van der Waals surface area contributed by atoms with Crippen LogP contribution in [0.2, 0.25) is 0 Å². The van der Waals surface area contributed by atoms with Gasteiger partial charge in [0.2, 0.25) is 5.91 Å². The second-order valence-electron chi connectivity index (χ2n) is 7.76. The largest absolute Gasteiger partial charge is 0.358 e. The zero-order valence-electron chi connectivity index (χ0n) is 18.7. The normalized spacial score (nSPS) is 11.0. The number of aryl methyl sites for hydroxylation is 1. The first-order valence-electron chi connectivity index (χ1n) is 10.1. The number of nitrogens with one attached hydrogen (secondary N) is 1. The standard InChI is InChI=1S/C25H28N4O2/c1-7-20-9-8-10-23(12-20)29(16-24(30)27-6)25(31)22(14-26)13-21-11-18(4)28(19(21)5)15-17(2)3/h1,8-13,17H,15-16H2,2-6H3,(H,27,30)/b22-13+. The Labute approximate surface area is 184 Å². The van der Waals surface area contributed by atoms with Crippen molar-refractivity contribution < 1.29 is 9.59 Å². The predicted octanol–water partition coefficient (Wildman–Crippen LogP) is 3.43. The van der Waals surface area contributed by atoms with Gasteiger partial charge in [-0.2, -0.15) is 5.26 Å². The van der Waals surface area contributed by atoms with Gasteiger partial charge in [0.05, 0.1) is 0 Å². The predicted molar refractivity (Wildman–Crippen MR) is 123 cm³/mol. The van der Waals surface area contributed by atoms with Crippen molar-refractivity contribution in [2.75, 3.05) is 18.5 Å². The molecular weight excluding hydrogens is 388 g/mol. The second kappa shape index (κ2) is 10.3. The van der Waals surface area contributed by atoms with Crippen molar-refractivity contribution in [3.8, 4) is 18.4 Å². The summed E-state index contributed by atoms with van der Waals surface area (Å²) in [6.45, 7) is 8.88. The maximum Gasteiger partial charge on any atom is 0.269 e. The molecule has 2 rings (SSSR count). The maximum absolute atomic E-state index is 13.3. The summed E-state index contributed by atoms with van der Waals surface area (Å²) < 4.78 is 2.18. The molecule has 0 radical (unpaired) electrons. The van der Waals surface area contributed by atoms with Gasteiger partial charge in [-0.05, 0) is 55.7 Å². The lowest BCUT2D eigenvalue weighted by molar-refractivity contribution is -0.122. The van der Waals surface area contributed by atoms with E-state index in [1.807, 2.05) is 26.0 Å². The fourth-order valence-electron chi connectivity index (χ4n) is 3.33. The van der Waals surface area contributed by atoms with Crippen molar-refractivity contribution >= 4 is 23.6 Å². The van der Waals surface area contributed by atoms with Crippen LogP contribution in [0.25, 0.3) is 6.08 Å². The number of hydrogen-bond acceptors (Lipinski definition) is 3. The molecule has 2 aromatic rings. The number of anilines is 1. The van der Waals surface area contributed by atoms with Crippen molar-refractivity contribution in [1.29, 1.82) is 5.26 Å². The van der Waals surface area contributed by atoms with Crippen molar-refractivity contribution in [2.45, 2.75) is 34.2 Å². The molecule has 0 fully saturated rings. The highest BCUT2D eigenvalue weighted by Gasteiger charge is 2.23. The molecule has 6 heteroatoms. The van der Waals surface area contributed by atoms with E-state index in [1.54, 1.807) is 30.3 Å². The number of carbonyl (C=O) groups is 2. The van der Waals surface area contributed by atoms with E-state index in [0.717, 1.165) is 23.5 Å². The highest BCUT2D eigenvalue weighted by atomic mass is 16.2. The summed E-state index contributed by atoms with van der Waals surface area (Å²) in [5, 5.41) is 12.3. The lowest BCUT2D eigenvalue weighted by Gasteiger charge is -2.22. The summed E-state index contributed by atoms with van der Waals surface area (Å²) in [4.78, 5) is 26.7. The van der Waals surface area contributed by atoms with Gasteiger partial charge >= 0.3 is 0 Å². The van der Waals surface area contributed by atoms with Gasteiger partial charge in [0.1, 0.15) is 18.2 Å². The molecule has 6 nitrogen and oxygen atoms in total. The van der Waals surface area contributed by atoms with Gasteiger partial charge in [-0.1, -0.05) is 25.8 Å². The highest BCUT2D eigenvalue weighted by molar-refractivity contribution is 6.13. The van der Waals surface area contributed by atoms with E-state index in [9.17, 15) is 14.9 Å². The molecule has 160 valence electrons. The lowest BCUT2D eigenvalue weighted by atomic mass is 10.1. The molecule has 0 atom stereocenters. The third kappa shape index (κ3) is 5.65. The van der Waals surface area contributed by atoms with Crippen LogP contribution in [0.4, 0.5) is 5.69 Å². The first kappa shape index (κ1) is 23.5. The molecule has 1 N–H and O–H groups in total. The van der Waals surface area contributed by atoms with Crippen LogP contribution < -0.4 is 10.2 Å². The van der Waals surface area contributed by atoms with E-state index in [2.05, 4.69) is 29.7 Å². The quantitative estimate of drug-likeness (QED) is 0.427. The Kier molecular flexibility index (Phi) is 7.82. The third-order valence-corrected chi connectivity index (χ3v) is 4.96. The Balaban J connectivity index is 2.50. The van der Waals surface area contributed by atoms with Crippen LogP contribution in [0.15, 0.2) is 35.9 Å². The Hall–Kier alpha value is -3.77. The molecule has 0 unspecified atom stereocenters. The molecule has 0 bridgehead atoms. The number of amides is 2. The van der Waals surface area contributed by atoms with Gasteiger partial charge in [0.15, 0.2) is 0 Å². The Morgan fingerprint density at radius 2 is 2.00 bits per heavy atom. The van der Waals surface area contributed by atoms with Crippen LogP contribution in [-0.4, -0.2) is 30.0 Å². The lowest BCUT2D eigenvalue weighted by Crippen LogP contribution is -2.40. The molecule has 31 heavy (non-hydrogen) atoms. The van der Waals surface area contributed by atoms with Gasteiger partial charge in [-0.25, -0.2) is 0 Å². The van der Waals surface area contributed by atoms with E-state index >= 15 is 0 Å². The number of aromatic nitrogens is 1. The van der Waals surface area contributed by atoms with Crippen LogP contribution in [0.3, 0.4) is 0 Å². The molecule has 1 aromatic heterocycles. The highest BCUT2D eigenvalue weighted by Crippen LogP contribution is 2.22. The topological polar surface area (TPSA) is 78.1 Å². The SMILES string of the molecule is C#Cc1cccc(N(CC(=O)NC)C(=O)/C(C#N)=C/c2cc(C)n(CC(C)C)c2C)c1. The molecule has 0 aliphatic carbocycles. The number of carbonyl (C=O) groups excluding carboxylic acids is 2. The van der Waals surface area contributed by atoms with Crippen molar-refractivity contribution in [1.82, 2.24) is 9.88 Å². The minimum atomic E-state index is -0.561. The number of likely N-dealkylation sites (N-methyl/N-ethyl adjacent to an activating group) is 1. The third-order valence-electron chi connectivity index (χ3n) is 4.96. The smallest absolute Gasteiger partial charge is 0.269 e. The van der Waals surface area contributed by atoms with E-state index in [1.165, 1.54) is 11.9 Å². The molecule has 0 aliphatic rings. The molecule has 0 saturated heterocycles. The summed E-state index contributed by atoms with van der Waals surface area (Å²) in [6.07, 6.45) is 7.07. The monoisotopic (exact) mass is 416 g/mol. The zero-order valence-corrected chi connectivity index (χ0v) is 18.7. The molecular formula is C25H28N4O2. The summed E-state index contributed by atoms with van der Waals surface area (Å²) in [7, 11) is 1.49. The number of terminal acetylenes is 1. The van der Waals surface area contributed by atoms with Crippen LogP contribution in [-0.2, 0) is 16.1 Å². The number of nitrogens with zero attached hydrogens (tertiary/aromatic N) is 3. The van der Waals surface area contributed by atoms with Crippen LogP contribution in [0.1, 0.15) is 36.4 Å². The summed E-state index contributed by atoms with van der Waals surface area (Å²) in [5.74, 6) is 2.07. The van der Waals surface area contributed by atoms with Crippen LogP contribution in [0.5, 0.6) is 0 Å². The van der Waals surface area contributed by atoms with Gasteiger partial charge < -0.3 is 9.88 Å². The van der Waals surface area contributed by atoms with Crippen molar-refractivity contribution in [2.24, 2.45) is 5.92 Å². The van der Waals surface area contributed by atoms with E-state index < -0.39 is 5.91 Å². The fourth-order valence-corrected chi connectivity index (χ4v) is 3.33. The summed E-state index contributed by atoms with van der Waals surface area (Å²) in [5.41, 5.74) is 3.83. The average Bonchev–Trinajstić information content (AvgIpc) is 3.01. The van der Waals surface area contributed by atoms with Gasteiger partial charge in [-0.3, -0.25) is 14.5 Å². The first-order chi connectivity index (χ1) is 14.7. The number of benzene rings is 1. The molecule has 2 amide bonds. The van der Waals surface area contributed by atoms with E-state index in [4.69, 9.17) is 6.42 Å². The number of nitriles is 1. The van der Waals surface area contributed by atoms with Crippen molar-refractivity contribution in [3.63, 3.8) is 0 Å². The first-order valence-corrected chi connectivity index (χ1v) is 10.1. The fraction of sp³-hybridized carbons (Fsp3) is 0.320. The second-order valence-corrected chi connectivity index (χ2v) is 7.76. The summed E-state index contributed by atoms with van der Waals surface area (Å²) in [6, 6.07) is 10.7. The van der Waals surface area contributed by atoms with Crippen LogP contribution >= 0.6 is 0 Å². The Morgan fingerprint density at radius 1 is 1.29 bits per heavy atom. The number of rotatable bonds is 7. The minimum Gasteiger partial charge on any atom is -0.358 e. The maximum atomic E-state index is 13.3.